The summed E-state index contributed by atoms with van der Waals surface area (Å²) in [5.74, 6) is 0. The number of hydrogen-bond acceptors (Lipinski definition) is 4. The highest BCUT2D eigenvalue weighted by atomic mass is 32.2. The second-order valence-corrected chi connectivity index (χ2v) is 7.38. The van der Waals surface area contributed by atoms with E-state index in [1.54, 1.807) is 7.05 Å². The summed E-state index contributed by atoms with van der Waals surface area (Å²) in [5, 5.41) is 3.27. The van der Waals surface area contributed by atoms with Crippen molar-refractivity contribution in [3.8, 4) is 0 Å². The van der Waals surface area contributed by atoms with Gasteiger partial charge in [0.15, 0.2) is 0 Å². The van der Waals surface area contributed by atoms with Crippen molar-refractivity contribution in [3.05, 3.63) is 0 Å². The van der Waals surface area contributed by atoms with Crippen LogP contribution >= 0.6 is 0 Å². The molecule has 19 heavy (non-hydrogen) atoms. The Morgan fingerprint density at radius 3 is 2.16 bits per heavy atom. The number of likely N-dealkylation sites (N-methyl/N-ethyl adjacent to an activating group) is 1. The Labute approximate surface area is 118 Å². The predicted molar refractivity (Wildman–Crippen MR) is 80.5 cm³/mol. The van der Waals surface area contributed by atoms with Crippen LogP contribution < -0.4 is 10.0 Å². The molecule has 0 spiro atoms. The van der Waals surface area contributed by atoms with Crippen LogP contribution in [0.15, 0.2) is 0 Å². The number of rotatable bonds is 10. The zero-order valence-electron chi connectivity index (χ0n) is 13.1. The minimum Gasteiger partial charge on any atom is -0.314 e. The third-order valence-corrected chi connectivity index (χ3v) is 4.31. The highest BCUT2D eigenvalue weighted by molar-refractivity contribution is 7.87. The fraction of sp³-hybridized carbons (Fsp3) is 1.00. The van der Waals surface area contributed by atoms with E-state index in [2.05, 4.69) is 23.9 Å². The fourth-order valence-corrected chi connectivity index (χ4v) is 2.87. The molecule has 0 radical (unpaired) electrons. The minimum absolute atomic E-state index is 0.101. The second-order valence-electron chi connectivity index (χ2n) is 5.57. The maximum atomic E-state index is 12.0. The van der Waals surface area contributed by atoms with Gasteiger partial charge in [0, 0.05) is 32.2 Å². The number of nitrogens with zero attached hydrogens (tertiary/aromatic N) is 2. The van der Waals surface area contributed by atoms with Crippen molar-refractivity contribution in [3.63, 3.8) is 0 Å². The van der Waals surface area contributed by atoms with Crippen LogP contribution in [0.3, 0.4) is 0 Å². The molecule has 0 bridgehead atoms. The molecule has 0 saturated heterocycles. The van der Waals surface area contributed by atoms with Crippen LogP contribution in [0, 0.1) is 0 Å². The van der Waals surface area contributed by atoms with Gasteiger partial charge in [0.1, 0.15) is 0 Å². The van der Waals surface area contributed by atoms with Crippen LogP contribution in [0.5, 0.6) is 0 Å². The van der Waals surface area contributed by atoms with E-state index in [1.165, 1.54) is 4.31 Å². The average molecular weight is 294 g/mol. The summed E-state index contributed by atoms with van der Waals surface area (Å²) in [4.78, 5) is 1.96. The first-order valence-electron chi connectivity index (χ1n) is 6.77. The fourth-order valence-electron chi connectivity index (χ4n) is 1.74. The number of nitrogens with one attached hydrogen (secondary N) is 2. The van der Waals surface area contributed by atoms with Crippen LogP contribution in [0.4, 0.5) is 0 Å². The SMILES string of the molecule is CC(C)NCCCN(C)S(=O)(=O)NC(C)CN(C)C. The molecule has 0 aromatic heterocycles. The smallest absolute Gasteiger partial charge is 0.279 e. The van der Waals surface area contributed by atoms with E-state index in [1.807, 2.05) is 25.9 Å². The monoisotopic (exact) mass is 294 g/mol. The molecule has 0 fully saturated rings. The molecule has 0 rings (SSSR count). The topological polar surface area (TPSA) is 64.7 Å². The van der Waals surface area contributed by atoms with Crippen molar-refractivity contribution >= 4 is 10.2 Å². The van der Waals surface area contributed by atoms with E-state index in [-0.39, 0.29) is 6.04 Å². The molecule has 1 atom stereocenters. The van der Waals surface area contributed by atoms with Crippen LogP contribution in [-0.4, -0.2) is 70.5 Å². The van der Waals surface area contributed by atoms with E-state index in [4.69, 9.17) is 0 Å². The van der Waals surface area contributed by atoms with Gasteiger partial charge < -0.3 is 10.2 Å². The molecule has 0 aromatic carbocycles. The molecule has 0 aromatic rings. The van der Waals surface area contributed by atoms with Crippen molar-refractivity contribution < 1.29 is 8.42 Å². The Morgan fingerprint density at radius 1 is 1.11 bits per heavy atom. The largest absolute Gasteiger partial charge is 0.314 e. The zero-order chi connectivity index (χ0) is 15.1. The molecule has 2 N–H and O–H groups in total. The minimum atomic E-state index is -3.38. The van der Waals surface area contributed by atoms with Gasteiger partial charge in [-0.05, 0) is 34.0 Å². The van der Waals surface area contributed by atoms with Gasteiger partial charge in [0.2, 0.25) is 0 Å². The Morgan fingerprint density at radius 2 is 1.68 bits per heavy atom. The summed E-state index contributed by atoms with van der Waals surface area (Å²) in [7, 11) is 2.08. The molecule has 0 aliphatic carbocycles. The lowest BCUT2D eigenvalue weighted by molar-refractivity contribution is 0.362. The van der Waals surface area contributed by atoms with E-state index in [0.29, 0.717) is 19.1 Å². The Hall–Kier alpha value is -0.210. The summed E-state index contributed by atoms with van der Waals surface area (Å²) in [6.07, 6.45) is 0.803. The third kappa shape index (κ3) is 9.34. The van der Waals surface area contributed by atoms with Crippen molar-refractivity contribution in [2.75, 3.05) is 40.8 Å². The van der Waals surface area contributed by atoms with Crippen LogP contribution in [0.25, 0.3) is 0 Å². The average Bonchev–Trinajstić information content (AvgIpc) is 2.21. The van der Waals surface area contributed by atoms with E-state index >= 15 is 0 Å². The molecular weight excluding hydrogens is 264 g/mol. The standard InChI is InChI=1S/C12H30N4O2S/c1-11(2)13-8-7-9-16(6)19(17,18)14-12(3)10-15(4)5/h11-14H,7-10H2,1-6H3. The third-order valence-electron chi connectivity index (χ3n) is 2.60. The molecule has 0 aliphatic rings. The van der Waals surface area contributed by atoms with Gasteiger partial charge in [-0.3, -0.25) is 0 Å². The Balaban J connectivity index is 4.10. The van der Waals surface area contributed by atoms with Crippen molar-refractivity contribution in [1.29, 1.82) is 0 Å². The molecule has 0 heterocycles. The maximum absolute atomic E-state index is 12.0. The first kappa shape index (κ1) is 18.8. The highest BCUT2D eigenvalue weighted by Crippen LogP contribution is 1.98. The van der Waals surface area contributed by atoms with Crippen molar-refractivity contribution in [2.45, 2.75) is 39.3 Å². The molecule has 0 amide bonds. The van der Waals surface area contributed by atoms with Crippen LogP contribution in [-0.2, 0) is 10.2 Å². The van der Waals surface area contributed by atoms with Gasteiger partial charge >= 0.3 is 0 Å². The quantitative estimate of drug-likeness (QED) is 0.561. The lowest BCUT2D eigenvalue weighted by atomic mass is 10.3. The summed E-state index contributed by atoms with van der Waals surface area (Å²) in [6.45, 7) is 8.04. The lowest BCUT2D eigenvalue weighted by Crippen LogP contribution is -2.46. The Kier molecular flexibility index (Phi) is 8.76. The lowest BCUT2D eigenvalue weighted by Gasteiger charge is -2.23. The normalized spacial score (nSPS) is 14.6. The first-order valence-corrected chi connectivity index (χ1v) is 8.21. The molecule has 116 valence electrons. The second kappa shape index (κ2) is 8.86. The van der Waals surface area contributed by atoms with Gasteiger partial charge in [0.05, 0.1) is 0 Å². The highest BCUT2D eigenvalue weighted by Gasteiger charge is 2.19. The van der Waals surface area contributed by atoms with Gasteiger partial charge in [0.25, 0.3) is 10.2 Å². The number of hydrogen-bond donors (Lipinski definition) is 2. The van der Waals surface area contributed by atoms with Gasteiger partial charge in [-0.25, -0.2) is 0 Å². The molecule has 7 heteroatoms. The van der Waals surface area contributed by atoms with Crippen molar-refractivity contribution in [1.82, 2.24) is 19.2 Å². The molecular formula is C12H30N4O2S. The van der Waals surface area contributed by atoms with E-state index in [0.717, 1.165) is 13.0 Å². The summed E-state index contributed by atoms with van der Waals surface area (Å²) >= 11 is 0. The summed E-state index contributed by atoms with van der Waals surface area (Å²) < 4.78 is 28.1. The van der Waals surface area contributed by atoms with E-state index in [9.17, 15) is 8.42 Å². The zero-order valence-corrected chi connectivity index (χ0v) is 13.9. The maximum Gasteiger partial charge on any atom is 0.279 e. The van der Waals surface area contributed by atoms with Crippen molar-refractivity contribution in [2.24, 2.45) is 0 Å². The van der Waals surface area contributed by atoms with Gasteiger partial charge in [-0.2, -0.15) is 17.4 Å². The Bertz CT molecular complexity index is 331. The van der Waals surface area contributed by atoms with Gasteiger partial charge in [-0.1, -0.05) is 13.8 Å². The van der Waals surface area contributed by atoms with E-state index < -0.39 is 10.2 Å². The molecule has 0 aliphatic heterocycles. The molecule has 0 saturated carbocycles. The van der Waals surface area contributed by atoms with Crippen LogP contribution in [0.1, 0.15) is 27.2 Å². The van der Waals surface area contributed by atoms with Crippen LogP contribution in [0.2, 0.25) is 0 Å². The first-order chi connectivity index (χ1) is 8.65. The summed E-state index contributed by atoms with van der Waals surface area (Å²) in [6, 6.07) is 0.330. The molecule has 1 unspecified atom stereocenters. The predicted octanol–water partition coefficient (Wildman–Crippen LogP) is 0.0908. The summed E-state index contributed by atoms with van der Waals surface area (Å²) in [5.41, 5.74) is 0. The van der Waals surface area contributed by atoms with Gasteiger partial charge in [-0.15, -0.1) is 0 Å². The molecule has 6 nitrogen and oxygen atoms in total.